The first kappa shape index (κ1) is 20.5. The number of hydrogen-bond donors (Lipinski definition) is 1. The molecule has 1 heterocycles. The van der Waals surface area contributed by atoms with Gasteiger partial charge in [-0.3, -0.25) is 4.79 Å². The van der Waals surface area contributed by atoms with Crippen molar-refractivity contribution in [1.29, 1.82) is 0 Å². The maximum absolute atomic E-state index is 14.5. The van der Waals surface area contributed by atoms with Crippen molar-refractivity contribution in [2.75, 3.05) is 21.3 Å². The Hall–Kier alpha value is -2.80. The molecular formula is C14H13F3N4O5S. The van der Waals surface area contributed by atoms with Gasteiger partial charge in [0.2, 0.25) is 11.6 Å². The number of aromatic nitrogens is 3. The molecule has 0 atom stereocenters. The van der Waals surface area contributed by atoms with Gasteiger partial charge >= 0.3 is 17.3 Å². The highest BCUT2D eigenvalue weighted by Gasteiger charge is 2.50. The SMILES string of the molecule is CNS(=O)(=O)C(F)(F)c1c(F)cccc1C(=O)c1nc(OC)nc(OC)n1. The molecule has 0 fully saturated rings. The molecule has 1 N–H and O–H groups in total. The zero-order valence-corrected chi connectivity index (χ0v) is 15.0. The number of alkyl halides is 2. The van der Waals surface area contributed by atoms with Gasteiger partial charge in [-0.05, 0) is 13.1 Å². The van der Waals surface area contributed by atoms with Crippen molar-refractivity contribution in [3.63, 3.8) is 0 Å². The first-order chi connectivity index (χ1) is 12.6. The fraction of sp³-hybridized carbons (Fsp3) is 0.286. The van der Waals surface area contributed by atoms with E-state index in [-0.39, 0.29) is 12.0 Å². The van der Waals surface area contributed by atoms with Crippen LogP contribution >= 0.6 is 0 Å². The van der Waals surface area contributed by atoms with E-state index in [1.54, 1.807) is 0 Å². The van der Waals surface area contributed by atoms with Crippen molar-refractivity contribution < 1.29 is 35.9 Å². The Morgan fingerprint density at radius 1 is 1.11 bits per heavy atom. The number of sulfonamides is 1. The molecule has 0 bridgehead atoms. The topological polar surface area (TPSA) is 120 Å². The quantitative estimate of drug-likeness (QED) is 0.672. The highest BCUT2D eigenvalue weighted by molar-refractivity contribution is 7.90. The number of benzene rings is 1. The van der Waals surface area contributed by atoms with Crippen molar-refractivity contribution >= 4 is 15.8 Å². The molecule has 2 rings (SSSR count). The van der Waals surface area contributed by atoms with E-state index in [1.807, 2.05) is 0 Å². The lowest BCUT2D eigenvalue weighted by molar-refractivity contribution is 0.0812. The van der Waals surface area contributed by atoms with Crippen LogP contribution in [0, 0.1) is 5.82 Å². The van der Waals surface area contributed by atoms with Gasteiger partial charge in [-0.1, -0.05) is 12.1 Å². The van der Waals surface area contributed by atoms with Crippen LogP contribution in [0.2, 0.25) is 0 Å². The van der Waals surface area contributed by atoms with Gasteiger partial charge < -0.3 is 9.47 Å². The second-order valence-corrected chi connectivity index (χ2v) is 6.78. The molecule has 0 amide bonds. The Kier molecular flexibility index (Phi) is 5.65. The van der Waals surface area contributed by atoms with Crippen LogP contribution < -0.4 is 14.2 Å². The molecule has 13 heteroatoms. The van der Waals surface area contributed by atoms with E-state index >= 15 is 0 Å². The minimum absolute atomic E-state index is 0.363. The molecule has 146 valence electrons. The molecule has 0 unspecified atom stereocenters. The fourth-order valence-electron chi connectivity index (χ4n) is 2.01. The molecule has 1 aromatic carbocycles. The average molecular weight is 406 g/mol. The van der Waals surface area contributed by atoms with E-state index in [9.17, 15) is 26.4 Å². The average Bonchev–Trinajstić information content (AvgIpc) is 2.66. The Labute approximate surface area is 151 Å². The molecule has 2 aromatic rings. The summed E-state index contributed by atoms with van der Waals surface area (Å²) in [7, 11) is -2.24. The Morgan fingerprint density at radius 2 is 1.67 bits per heavy atom. The summed E-state index contributed by atoms with van der Waals surface area (Å²) in [5, 5.41) is -4.75. The number of carbonyl (C=O) groups is 1. The molecule has 0 saturated heterocycles. The Morgan fingerprint density at radius 3 is 2.15 bits per heavy atom. The number of ether oxygens (including phenoxy) is 2. The summed E-state index contributed by atoms with van der Waals surface area (Å²) in [5.74, 6) is -3.59. The van der Waals surface area contributed by atoms with Gasteiger partial charge in [-0.25, -0.2) is 17.5 Å². The van der Waals surface area contributed by atoms with Crippen LogP contribution in [-0.4, -0.2) is 50.4 Å². The summed E-state index contributed by atoms with van der Waals surface area (Å²) in [4.78, 5) is 23.5. The van der Waals surface area contributed by atoms with Crippen LogP contribution in [0.5, 0.6) is 12.0 Å². The normalized spacial score (nSPS) is 11.9. The molecule has 0 spiro atoms. The summed E-state index contributed by atoms with van der Waals surface area (Å²) in [6.07, 6.45) is 0. The summed E-state index contributed by atoms with van der Waals surface area (Å²) in [6, 6.07) is 1.65. The maximum Gasteiger partial charge on any atom is 0.387 e. The third-order valence-corrected chi connectivity index (χ3v) is 4.73. The summed E-state index contributed by atoms with van der Waals surface area (Å²) in [6.45, 7) is 0. The smallest absolute Gasteiger partial charge is 0.387 e. The van der Waals surface area contributed by atoms with Gasteiger partial charge in [0.05, 0.1) is 19.8 Å². The van der Waals surface area contributed by atoms with Crippen LogP contribution in [0.1, 0.15) is 21.7 Å². The van der Waals surface area contributed by atoms with E-state index in [0.717, 1.165) is 19.2 Å². The minimum Gasteiger partial charge on any atom is -0.467 e. The summed E-state index contributed by atoms with van der Waals surface area (Å²) >= 11 is 0. The molecule has 0 aliphatic rings. The van der Waals surface area contributed by atoms with Crippen LogP contribution in [0.3, 0.4) is 0 Å². The molecule has 9 nitrogen and oxygen atoms in total. The van der Waals surface area contributed by atoms with Crippen LogP contribution in [-0.2, 0) is 15.3 Å². The number of nitrogens with one attached hydrogen (secondary N) is 1. The Balaban J connectivity index is 2.71. The zero-order valence-electron chi connectivity index (χ0n) is 14.2. The van der Waals surface area contributed by atoms with Crippen molar-refractivity contribution in [3.8, 4) is 12.0 Å². The van der Waals surface area contributed by atoms with Gasteiger partial charge in [-0.15, -0.1) is 4.98 Å². The molecule has 0 saturated carbocycles. The lowest BCUT2D eigenvalue weighted by atomic mass is 10.0. The van der Waals surface area contributed by atoms with Gasteiger partial charge in [0, 0.05) is 5.56 Å². The highest BCUT2D eigenvalue weighted by atomic mass is 32.2. The molecule has 27 heavy (non-hydrogen) atoms. The fourth-order valence-corrected chi connectivity index (χ4v) is 2.75. The second-order valence-electron chi connectivity index (χ2n) is 4.85. The van der Waals surface area contributed by atoms with Crippen LogP contribution in [0.4, 0.5) is 13.2 Å². The number of halogens is 3. The number of hydrogen-bond acceptors (Lipinski definition) is 8. The van der Waals surface area contributed by atoms with Crippen LogP contribution in [0.15, 0.2) is 18.2 Å². The van der Waals surface area contributed by atoms with Crippen molar-refractivity contribution in [2.45, 2.75) is 5.25 Å². The third-order valence-electron chi connectivity index (χ3n) is 3.32. The highest BCUT2D eigenvalue weighted by Crippen LogP contribution is 2.37. The van der Waals surface area contributed by atoms with E-state index in [2.05, 4.69) is 15.0 Å². The number of carbonyl (C=O) groups excluding carboxylic acids is 1. The number of ketones is 1. The number of rotatable bonds is 7. The standard InChI is InChI=1S/C14H13F3N4O5S/c1-18-27(23,24)14(16,17)9-7(5-4-6-8(9)15)10(22)11-19-12(25-2)21-13(20-11)26-3/h4-6,18H,1-3H3. The zero-order chi connectivity index (χ0) is 20.4. The van der Waals surface area contributed by atoms with E-state index < -0.39 is 43.8 Å². The first-order valence-electron chi connectivity index (χ1n) is 7.07. The van der Waals surface area contributed by atoms with Crippen molar-refractivity contribution in [3.05, 3.63) is 41.0 Å². The number of nitrogens with zero attached hydrogens (tertiary/aromatic N) is 3. The van der Waals surface area contributed by atoms with Gasteiger partial charge in [0.25, 0.3) is 10.0 Å². The van der Waals surface area contributed by atoms with E-state index in [4.69, 9.17) is 9.47 Å². The summed E-state index contributed by atoms with van der Waals surface area (Å²) in [5.41, 5.74) is -2.59. The van der Waals surface area contributed by atoms with Crippen LogP contribution in [0.25, 0.3) is 0 Å². The maximum atomic E-state index is 14.5. The molecule has 1 aromatic heterocycles. The monoisotopic (exact) mass is 406 g/mol. The lowest BCUT2D eigenvalue weighted by Gasteiger charge is -2.19. The second kappa shape index (κ2) is 7.44. The predicted octanol–water partition coefficient (Wildman–Crippen LogP) is 0.857. The predicted molar refractivity (Wildman–Crippen MR) is 84.6 cm³/mol. The third kappa shape index (κ3) is 3.68. The Bertz CT molecular complexity index is 962. The molecule has 0 aliphatic carbocycles. The van der Waals surface area contributed by atoms with Gasteiger partial charge in [-0.2, -0.15) is 18.7 Å². The van der Waals surface area contributed by atoms with E-state index in [1.165, 1.54) is 18.9 Å². The van der Waals surface area contributed by atoms with E-state index in [0.29, 0.717) is 6.07 Å². The van der Waals surface area contributed by atoms with Gasteiger partial charge in [0.1, 0.15) is 5.82 Å². The number of methoxy groups -OCH3 is 2. The largest absolute Gasteiger partial charge is 0.467 e. The van der Waals surface area contributed by atoms with Crippen molar-refractivity contribution in [2.24, 2.45) is 0 Å². The van der Waals surface area contributed by atoms with Gasteiger partial charge in [0.15, 0.2) is 0 Å². The van der Waals surface area contributed by atoms with Crippen molar-refractivity contribution in [1.82, 2.24) is 19.7 Å². The summed E-state index contributed by atoms with van der Waals surface area (Å²) < 4.78 is 77.4. The molecule has 0 aliphatic heterocycles. The molecular weight excluding hydrogens is 393 g/mol. The lowest BCUT2D eigenvalue weighted by Crippen LogP contribution is -2.37. The first-order valence-corrected chi connectivity index (χ1v) is 8.56. The molecule has 0 radical (unpaired) electrons. The minimum atomic E-state index is -5.32.